The number of aromatic nitrogens is 3. The van der Waals surface area contributed by atoms with Gasteiger partial charge in [-0.15, -0.1) is 0 Å². The molecule has 7 nitrogen and oxygen atoms in total. The Balaban J connectivity index is 1.76. The zero-order valence-corrected chi connectivity index (χ0v) is 16.2. The van der Waals surface area contributed by atoms with E-state index in [1.807, 2.05) is 42.5 Å². The lowest BCUT2D eigenvalue weighted by molar-refractivity contribution is -0.129. The third-order valence-electron chi connectivity index (χ3n) is 5.14. The monoisotopic (exact) mass is 389 g/mol. The average Bonchev–Trinajstić information content (AvgIpc) is 2.77. The number of hydrogen-bond acceptors (Lipinski definition) is 6. The smallest absolute Gasteiger partial charge is 0.219 e. The Morgan fingerprint density at radius 3 is 2.62 bits per heavy atom. The molecule has 1 amide bonds. The molecule has 1 aliphatic rings. The summed E-state index contributed by atoms with van der Waals surface area (Å²) in [6, 6.07) is 13.2. The van der Waals surface area contributed by atoms with Crippen LogP contribution in [-0.2, 0) is 17.8 Å². The third-order valence-corrected chi connectivity index (χ3v) is 5.14. The van der Waals surface area contributed by atoms with Gasteiger partial charge in [-0.2, -0.15) is 0 Å². The maximum Gasteiger partial charge on any atom is 0.219 e. The summed E-state index contributed by atoms with van der Waals surface area (Å²) in [6.07, 6.45) is 4.07. The summed E-state index contributed by atoms with van der Waals surface area (Å²) in [6.45, 7) is 2.60. The zero-order valence-electron chi connectivity index (χ0n) is 16.2. The van der Waals surface area contributed by atoms with E-state index >= 15 is 0 Å². The number of benzene rings is 1. The van der Waals surface area contributed by atoms with Crippen LogP contribution in [0.25, 0.3) is 11.4 Å². The molecule has 0 aliphatic carbocycles. The van der Waals surface area contributed by atoms with Gasteiger partial charge in [-0.05, 0) is 24.1 Å². The number of aliphatic hydroxyl groups excluding tert-OH is 1. The van der Waals surface area contributed by atoms with Gasteiger partial charge in [-0.1, -0.05) is 30.3 Å². The molecule has 7 heteroatoms. The van der Waals surface area contributed by atoms with Crippen LogP contribution < -0.4 is 5.32 Å². The predicted molar refractivity (Wildman–Crippen MR) is 110 cm³/mol. The first kappa shape index (κ1) is 19.0. The Bertz CT molecular complexity index is 995. The van der Waals surface area contributed by atoms with Crippen molar-refractivity contribution in [1.29, 1.82) is 0 Å². The number of nitrogens with one attached hydrogen (secondary N) is 1. The van der Waals surface area contributed by atoms with Crippen LogP contribution in [0, 0.1) is 0 Å². The van der Waals surface area contributed by atoms with Crippen LogP contribution in [0.2, 0.25) is 0 Å². The number of hydrogen-bond donors (Lipinski definition) is 2. The summed E-state index contributed by atoms with van der Waals surface area (Å²) in [5, 5.41) is 13.4. The number of aliphatic hydroxyl groups is 1. The number of rotatable bonds is 5. The van der Waals surface area contributed by atoms with Crippen molar-refractivity contribution in [2.24, 2.45) is 0 Å². The third kappa shape index (κ3) is 4.09. The maximum atomic E-state index is 11.9. The van der Waals surface area contributed by atoms with E-state index in [0.29, 0.717) is 31.2 Å². The molecular weight excluding hydrogens is 366 g/mol. The quantitative estimate of drug-likeness (QED) is 0.697. The molecule has 1 aliphatic heterocycles. The van der Waals surface area contributed by atoms with E-state index in [0.717, 1.165) is 22.4 Å². The number of carbonyl (C=O) groups excluding carboxylic acids is 1. The predicted octanol–water partition coefficient (Wildman–Crippen LogP) is 2.59. The first-order valence-electron chi connectivity index (χ1n) is 9.63. The SMILES string of the molecule is CC(=O)N1CCc2c(nc(-c3ccncc3)nc2N[C@H](CO)c2ccccc2)C1. The second-order valence-electron chi connectivity index (χ2n) is 7.04. The van der Waals surface area contributed by atoms with E-state index in [1.165, 1.54) is 0 Å². The first-order chi connectivity index (χ1) is 14.2. The number of carbonyl (C=O) groups is 1. The standard InChI is InChI=1S/C22H23N5O2/c1-15(29)27-12-9-18-19(13-27)24-21(17-7-10-23-11-8-17)26-22(18)25-20(14-28)16-5-3-2-4-6-16/h2-8,10-11,20,28H,9,12-14H2,1H3,(H,24,25,26)/t20-/m1/s1. The Labute approximate surface area is 169 Å². The van der Waals surface area contributed by atoms with Crippen molar-refractivity contribution >= 4 is 11.7 Å². The van der Waals surface area contributed by atoms with Gasteiger partial charge in [-0.3, -0.25) is 9.78 Å². The minimum atomic E-state index is -0.286. The highest BCUT2D eigenvalue weighted by atomic mass is 16.3. The van der Waals surface area contributed by atoms with Crippen LogP contribution in [0.1, 0.15) is 29.8 Å². The maximum absolute atomic E-state index is 11.9. The first-order valence-corrected chi connectivity index (χ1v) is 9.63. The molecule has 0 radical (unpaired) electrons. The summed E-state index contributed by atoms with van der Waals surface area (Å²) in [5.41, 5.74) is 3.66. The van der Waals surface area contributed by atoms with Gasteiger partial charge in [0.05, 0.1) is 24.9 Å². The summed E-state index contributed by atoms with van der Waals surface area (Å²) >= 11 is 0. The topological polar surface area (TPSA) is 91.2 Å². The number of fused-ring (bicyclic) bond motifs is 1. The Kier molecular flexibility index (Phi) is 5.48. The fraction of sp³-hybridized carbons (Fsp3) is 0.273. The van der Waals surface area contributed by atoms with Crippen LogP contribution in [0.5, 0.6) is 0 Å². The molecule has 0 saturated heterocycles. The van der Waals surface area contributed by atoms with Crippen LogP contribution in [0.15, 0.2) is 54.9 Å². The van der Waals surface area contributed by atoms with Crippen molar-refractivity contribution in [2.75, 3.05) is 18.5 Å². The average molecular weight is 389 g/mol. The molecular formula is C22H23N5O2. The van der Waals surface area contributed by atoms with E-state index in [9.17, 15) is 9.90 Å². The van der Waals surface area contributed by atoms with Crippen LogP contribution in [-0.4, -0.2) is 44.0 Å². The largest absolute Gasteiger partial charge is 0.394 e. The van der Waals surface area contributed by atoms with Gasteiger partial charge in [0.25, 0.3) is 0 Å². The molecule has 0 unspecified atom stereocenters. The molecule has 148 valence electrons. The molecule has 0 bridgehead atoms. The summed E-state index contributed by atoms with van der Waals surface area (Å²) in [4.78, 5) is 27.3. The summed E-state index contributed by atoms with van der Waals surface area (Å²) in [7, 11) is 0. The lowest BCUT2D eigenvalue weighted by Crippen LogP contribution is -2.35. The highest BCUT2D eigenvalue weighted by Crippen LogP contribution is 2.29. The molecule has 29 heavy (non-hydrogen) atoms. The number of nitrogens with zero attached hydrogens (tertiary/aromatic N) is 4. The molecule has 1 aromatic carbocycles. The number of pyridine rings is 1. The lowest BCUT2D eigenvalue weighted by atomic mass is 10.0. The second-order valence-corrected chi connectivity index (χ2v) is 7.04. The molecule has 3 aromatic rings. The van der Waals surface area contributed by atoms with E-state index in [2.05, 4.69) is 10.3 Å². The second kappa shape index (κ2) is 8.36. The molecule has 0 saturated carbocycles. The normalized spacial score (nSPS) is 14.2. The van der Waals surface area contributed by atoms with Crippen molar-refractivity contribution in [3.63, 3.8) is 0 Å². The van der Waals surface area contributed by atoms with Crippen molar-refractivity contribution in [3.8, 4) is 11.4 Å². The highest BCUT2D eigenvalue weighted by Gasteiger charge is 2.25. The fourth-order valence-corrected chi connectivity index (χ4v) is 3.53. The van der Waals surface area contributed by atoms with Gasteiger partial charge in [-0.25, -0.2) is 9.97 Å². The van der Waals surface area contributed by atoms with Gasteiger partial charge >= 0.3 is 0 Å². The fourth-order valence-electron chi connectivity index (χ4n) is 3.53. The summed E-state index contributed by atoms with van der Waals surface area (Å²) < 4.78 is 0. The molecule has 4 rings (SSSR count). The van der Waals surface area contributed by atoms with Crippen LogP contribution in [0.4, 0.5) is 5.82 Å². The van der Waals surface area contributed by atoms with Crippen LogP contribution in [0.3, 0.4) is 0 Å². The van der Waals surface area contributed by atoms with E-state index in [4.69, 9.17) is 9.97 Å². The van der Waals surface area contributed by atoms with E-state index in [-0.39, 0.29) is 18.6 Å². The number of amides is 1. The lowest BCUT2D eigenvalue weighted by Gasteiger charge is -2.29. The molecule has 1 atom stereocenters. The van der Waals surface area contributed by atoms with E-state index in [1.54, 1.807) is 24.2 Å². The Morgan fingerprint density at radius 1 is 1.17 bits per heavy atom. The minimum absolute atomic E-state index is 0.0340. The highest BCUT2D eigenvalue weighted by molar-refractivity contribution is 5.74. The molecule has 0 spiro atoms. The Hall–Kier alpha value is -3.32. The van der Waals surface area contributed by atoms with Gasteiger partial charge < -0.3 is 15.3 Å². The minimum Gasteiger partial charge on any atom is -0.394 e. The zero-order chi connectivity index (χ0) is 20.2. The van der Waals surface area contributed by atoms with E-state index < -0.39 is 0 Å². The van der Waals surface area contributed by atoms with Crippen LogP contribution >= 0.6 is 0 Å². The summed E-state index contributed by atoms with van der Waals surface area (Å²) in [5.74, 6) is 1.31. The van der Waals surface area contributed by atoms with Crippen molar-refractivity contribution in [3.05, 3.63) is 71.7 Å². The van der Waals surface area contributed by atoms with Crippen molar-refractivity contribution in [1.82, 2.24) is 19.9 Å². The van der Waals surface area contributed by atoms with Gasteiger partial charge in [0.2, 0.25) is 5.91 Å². The number of anilines is 1. The Morgan fingerprint density at radius 2 is 1.93 bits per heavy atom. The van der Waals surface area contributed by atoms with Gasteiger partial charge in [0, 0.05) is 37.0 Å². The van der Waals surface area contributed by atoms with Crippen molar-refractivity contribution in [2.45, 2.75) is 25.9 Å². The molecule has 0 fully saturated rings. The molecule has 3 heterocycles. The van der Waals surface area contributed by atoms with Crippen molar-refractivity contribution < 1.29 is 9.90 Å². The van der Waals surface area contributed by atoms with Gasteiger partial charge in [0.15, 0.2) is 5.82 Å². The molecule has 2 N–H and O–H groups in total. The van der Waals surface area contributed by atoms with Gasteiger partial charge in [0.1, 0.15) is 5.82 Å². The molecule has 2 aromatic heterocycles.